The van der Waals surface area contributed by atoms with E-state index in [-0.39, 0.29) is 24.7 Å². The number of ether oxygens (including phenoxy) is 1. The molecular weight excluding hydrogens is 340 g/mol. The zero-order valence-corrected chi connectivity index (χ0v) is 13.1. The molecule has 1 atom stereocenters. The lowest BCUT2D eigenvalue weighted by molar-refractivity contribution is -0.123. The van der Waals surface area contributed by atoms with Crippen molar-refractivity contribution in [3.05, 3.63) is 29.3 Å². The van der Waals surface area contributed by atoms with Crippen LogP contribution in [-0.4, -0.2) is 31.0 Å². The summed E-state index contributed by atoms with van der Waals surface area (Å²) in [6.45, 7) is -1.84. The zero-order valence-electron chi connectivity index (χ0n) is 12.2. The molecule has 2 rings (SSSR count). The molecule has 1 unspecified atom stereocenters. The van der Waals surface area contributed by atoms with Crippen LogP contribution in [0, 0.1) is 6.92 Å². The second kappa shape index (κ2) is 7.83. The Morgan fingerprint density at radius 3 is 2.74 bits per heavy atom. The van der Waals surface area contributed by atoms with Gasteiger partial charge in [0, 0.05) is 18.5 Å². The minimum absolute atomic E-state index is 0. The maximum atomic E-state index is 13.0. The molecule has 1 aromatic rings. The number of halogens is 5. The molecule has 0 saturated carbocycles. The van der Waals surface area contributed by atoms with Gasteiger partial charge in [-0.2, -0.15) is 8.78 Å². The van der Waals surface area contributed by atoms with Crippen LogP contribution < -0.4 is 15.4 Å². The predicted octanol–water partition coefficient (Wildman–Crippen LogP) is 2.63. The summed E-state index contributed by atoms with van der Waals surface area (Å²) in [5.41, 5.74) is 1.16. The fraction of sp³-hybridized carbons (Fsp3) is 0.500. The molecule has 1 fully saturated rings. The Kier molecular flexibility index (Phi) is 6.64. The number of alkyl halides is 4. The number of hydrogen-bond acceptors (Lipinski definition) is 3. The minimum Gasteiger partial charge on any atom is -0.434 e. The molecule has 1 aliphatic heterocycles. The number of nitrogens with one attached hydrogen (secondary N) is 2. The quantitative estimate of drug-likeness (QED) is 0.797. The highest BCUT2D eigenvalue weighted by molar-refractivity contribution is 5.85. The molecule has 4 nitrogen and oxygen atoms in total. The van der Waals surface area contributed by atoms with E-state index in [0.717, 1.165) is 5.56 Å². The van der Waals surface area contributed by atoms with Crippen molar-refractivity contribution in [2.24, 2.45) is 0 Å². The summed E-state index contributed by atoms with van der Waals surface area (Å²) in [5, 5.41) is 4.89. The van der Waals surface area contributed by atoms with Crippen molar-refractivity contribution in [2.45, 2.75) is 38.5 Å². The smallest absolute Gasteiger partial charge is 0.387 e. The summed E-state index contributed by atoms with van der Waals surface area (Å²) in [5.74, 6) is -3.55. The van der Waals surface area contributed by atoms with Crippen LogP contribution in [0.3, 0.4) is 0 Å². The normalized spacial score (nSPS) is 19.3. The van der Waals surface area contributed by atoms with Gasteiger partial charge in [0.15, 0.2) is 0 Å². The number of rotatable bonds is 5. The highest BCUT2D eigenvalue weighted by atomic mass is 35.5. The SMILES string of the molecule is Cc1ccc(OC(F)F)c(CNC(=O)C2CC(F)(F)CN2)c1.Cl. The molecule has 0 bridgehead atoms. The lowest BCUT2D eigenvalue weighted by atomic mass is 10.1. The molecule has 1 amide bonds. The van der Waals surface area contributed by atoms with E-state index in [9.17, 15) is 22.4 Å². The van der Waals surface area contributed by atoms with Crippen molar-refractivity contribution in [1.82, 2.24) is 10.6 Å². The summed E-state index contributed by atoms with van der Waals surface area (Å²) < 4.78 is 55.1. The standard InChI is InChI=1S/C14H16F4N2O2.ClH/c1-8-2-3-11(22-13(15)16)9(4-8)6-19-12(21)10-5-14(17,18)7-20-10;/h2-4,10,13,20H,5-7H2,1H3,(H,19,21);1H. The Balaban J connectivity index is 0.00000264. The van der Waals surface area contributed by atoms with Crippen LogP contribution in [0.25, 0.3) is 0 Å². The van der Waals surface area contributed by atoms with E-state index < -0.39 is 37.4 Å². The van der Waals surface area contributed by atoms with Gasteiger partial charge in [0.2, 0.25) is 5.91 Å². The third kappa shape index (κ3) is 5.54. The molecular formula is C14H17ClF4N2O2. The molecule has 0 aliphatic carbocycles. The molecule has 1 aliphatic rings. The van der Waals surface area contributed by atoms with E-state index >= 15 is 0 Å². The van der Waals surface area contributed by atoms with Gasteiger partial charge in [-0.25, -0.2) is 8.78 Å². The molecule has 1 aromatic carbocycles. The first kappa shape index (κ1) is 19.5. The van der Waals surface area contributed by atoms with E-state index in [2.05, 4.69) is 15.4 Å². The number of carbonyl (C=O) groups is 1. The van der Waals surface area contributed by atoms with Crippen LogP contribution in [0.1, 0.15) is 17.5 Å². The number of hydrogen-bond donors (Lipinski definition) is 2. The monoisotopic (exact) mass is 356 g/mol. The van der Waals surface area contributed by atoms with Crippen LogP contribution in [0.15, 0.2) is 18.2 Å². The van der Waals surface area contributed by atoms with Crippen LogP contribution in [0.5, 0.6) is 5.75 Å². The van der Waals surface area contributed by atoms with Gasteiger partial charge in [-0.05, 0) is 13.0 Å². The second-order valence-electron chi connectivity index (χ2n) is 5.20. The Bertz CT molecular complexity index is 558. The third-order valence-electron chi connectivity index (χ3n) is 3.31. The Morgan fingerprint density at radius 1 is 1.48 bits per heavy atom. The molecule has 1 saturated heterocycles. The van der Waals surface area contributed by atoms with E-state index in [1.807, 2.05) is 0 Å². The second-order valence-corrected chi connectivity index (χ2v) is 5.20. The van der Waals surface area contributed by atoms with Crippen molar-refractivity contribution in [3.63, 3.8) is 0 Å². The summed E-state index contributed by atoms with van der Waals surface area (Å²) in [4.78, 5) is 11.8. The lowest BCUT2D eigenvalue weighted by Gasteiger charge is -2.14. The first-order valence-corrected chi connectivity index (χ1v) is 6.70. The summed E-state index contributed by atoms with van der Waals surface area (Å²) in [7, 11) is 0. The van der Waals surface area contributed by atoms with E-state index in [1.54, 1.807) is 19.1 Å². The Morgan fingerprint density at radius 2 is 2.17 bits per heavy atom. The molecule has 9 heteroatoms. The zero-order chi connectivity index (χ0) is 16.3. The highest BCUT2D eigenvalue weighted by Gasteiger charge is 2.42. The minimum atomic E-state index is -2.98. The van der Waals surface area contributed by atoms with Gasteiger partial charge < -0.3 is 10.1 Å². The molecule has 130 valence electrons. The Hall–Kier alpha value is -1.54. The molecule has 0 spiro atoms. The lowest BCUT2D eigenvalue weighted by Crippen LogP contribution is -2.40. The van der Waals surface area contributed by atoms with Crippen LogP contribution in [0.4, 0.5) is 17.6 Å². The van der Waals surface area contributed by atoms with E-state index in [1.165, 1.54) is 6.07 Å². The van der Waals surface area contributed by atoms with Gasteiger partial charge in [-0.3, -0.25) is 10.1 Å². The maximum Gasteiger partial charge on any atom is 0.387 e. The molecule has 0 aromatic heterocycles. The van der Waals surface area contributed by atoms with Crippen molar-refractivity contribution in [3.8, 4) is 5.75 Å². The number of carbonyl (C=O) groups excluding carboxylic acids is 1. The van der Waals surface area contributed by atoms with Crippen molar-refractivity contribution >= 4 is 18.3 Å². The topological polar surface area (TPSA) is 50.4 Å². The number of aryl methyl sites for hydroxylation is 1. The van der Waals surface area contributed by atoms with Crippen molar-refractivity contribution in [1.29, 1.82) is 0 Å². The van der Waals surface area contributed by atoms with Gasteiger partial charge in [0.05, 0.1) is 12.6 Å². The highest BCUT2D eigenvalue weighted by Crippen LogP contribution is 2.25. The first-order chi connectivity index (χ1) is 10.3. The van der Waals surface area contributed by atoms with Crippen LogP contribution >= 0.6 is 12.4 Å². The summed E-state index contributed by atoms with van der Waals surface area (Å²) in [6, 6.07) is 3.58. The average Bonchev–Trinajstić information content (AvgIpc) is 2.78. The first-order valence-electron chi connectivity index (χ1n) is 6.70. The fourth-order valence-electron chi connectivity index (χ4n) is 2.26. The van der Waals surface area contributed by atoms with Gasteiger partial charge >= 0.3 is 6.61 Å². The van der Waals surface area contributed by atoms with E-state index in [4.69, 9.17) is 0 Å². The van der Waals surface area contributed by atoms with Crippen LogP contribution in [0.2, 0.25) is 0 Å². The fourth-order valence-corrected chi connectivity index (χ4v) is 2.26. The maximum absolute atomic E-state index is 13.0. The predicted molar refractivity (Wildman–Crippen MR) is 78.3 cm³/mol. The molecule has 1 heterocycles. The molecule has 2 N–H and O–H groups in total. The summed E-state index contributed by atoms with van der Waals surface area (Å²) >= 11 is 0. The average molecular weight is 357 g/mol. The van der Waals surface area contributed by atoms with Gasteiger partial charge in [0.25, 0.3) is 5.92 Å². The number of benzene rings is 1. The Labute approximate surface area is 137 Å². The van der Waals surface area contributed by atoms with Gasteiger partial charge in [-0.15, -0.1) is 12.4 Å². The molecule has 0 radical (unpaired) electrons. The van der Waals surface area contributed by atoms with Crippen LogP contribution in [-0.2, 0) is 11.3 Å². The molecule has 23 heavy (non-hydrogen) atoms. The largest absolute Gasteiger partial charge is 0.434 e. The number of amides is 1. The van der Waals surface area contributed by atoms with Crippen molar-refractivity contribution in [2.75, 3.05) is 6.54 Å². The summed E-state index contributed by atoms with van der Waals surface area (Å²) in [6.07, 6.45) is -0.576. The van der Waals surface area contributed by atoms with Crippen molar-refractivity contribution < 1.29 is 27.1 Å². The van der Waals surface area contributed by atoms with Gasteiger partial charge in [0.1, 0.15) is 5.75 Å². The third-order valence-corrected chi connectivity index (χ3v) is 3.31. The van der Waals surface area contributed by atoms with E-state index in [0.29, 0.717) is 5.56 Å². The van der Waals surface area contributed by atoms with Gasteiger partial charge in [-0.1, -0.05) is 17.7 Å².